The molecule has 1 nitrogen and oxygen atoms in total. The lowest BCUT2D eigenvalue weighted by Gasteiger charge is -1.92. The molecule has 0 amide bonds. The van der Waals surface area contributed by atoms with Gasteiger partial charge in [0.05, 0.1) is 6.42 Å². The van der Waals surface area contributed by atoms with Crippen LogP contribution >= 0.6 is 56.7 Å². The summed E-state index contributed by atoms with van der Waals surface area (Å²) in [5, 5.41) is 2.13. The van der Waals surface area contributed by atoms with Gasteiger partial charge in [-0.2, -0.15) is 0 Å². The van der Waals surface area contributed by atoms with Crippen LogP contribution in [0.5, 0.6) is 0 Å². The Morgan fingerprint density at radius 1 is 0.586 bits per heavy atom. The van der Waals surface area contributed by atoms with Crippen LogP contribution in [0.4, 0.5) is 0 Å². The van der Waals surface area contributed by atoms with Crippen LogP contribution in [-0.4, -0.2) is 6.54 Å². The molecule has 29 heavy (non-hydrogen) atoms. The van der Waals surface area contributed by atoms with Crippen molar-refractivity contribution >= 4 is 56.7 Å². The predicted molar refractivity (Wildman–Crippen MR) is 133 cm³/mol. The van der Waals surface area contributed by atoms with Crippen molar-refractivity contribution in [1.29, 1.82) is 0 Å². The zero-order valence-corrected chi connectivity index (χ0v) is 19.3. The number of thiophene rings is 5. The lowest BCUT2D eigenvalue weighted by Crippen LogP contribution is -1.80. The Bertz CT molecular complexity index is 1270. The predicted octanol–water partition coefficient (Wildman–Crippen LogP) is 9.12. The zero-order valence-electron chi connectivity index (χ0n) is 15.3. The van der Waals surface area contributed by atoms with E-state index in [2.05, 4.69) is 70.9 Å². The third-order valence-corrected chi connectivity index (χ3v) is 10.5. The van der Waals surface area contributed by atoms with Gasteiger partial charge in [0, 0.05) is 43.9 Å². The summed E-state index contributed by atoms with van der Waals surface area (Å²) in [5.74, 6) is 0. The fourth-order valence-electron chi connectivity index (χ4n) is 3.04. The van der Waals surface area contributed by atoms with E-state index in [1.165, 1.54) is 43.9 Å². The highest BCUT2D eigenvalue weighted by Crippen LogP contribution is 2.44. The molecule has 6 heteroatoms. The molecular weight excluding hydrogens is 451 g/mol. The number of rotatable bonds is 6. The van der Waals surface area contributed by atoms with Gasteiger partial charge in [0.15, 0.2) is 0 Å². The van der Waals surface area contributed by atoms with Crippen LogP contribution in [0.1, 0.15) is 4.88 Å². The number of nitrogens with zero attached hydrogens (tertiary/aromatic N) is 1. The zero-order chi connectivity index (χ0) is 19.6. The molecule has 0 aliphatic carbocycles. The Kier molecular flexibility index (Phi) is 5.49. The topological polar surface area (TPSA) is 4.36 Å². The van der Waals surface area contributed by atoms with Crippen molar-refractivity contribution in [1.82, 2.24) is 0 Å². The Balaban J connectivity index is 1.36. The van der Waals surface area contributed by atoms with E-state index in [1.807, 2.05) is 45.3 Å². The molecule has 0 aliphatic rings. The molecule has 0 aromatic carbocycles. The summed E-state index contributed by atoms with van der Waals surface area (Å²) < 4.78 is 0. The van der Waals surface area contributed by atoms with Crippen LogP contribution in [0, 0.1) is 6.57 Å². The average molecular weight is 466 g/mol. The summed E-state index contributed by atoms with van der Waals surface area (Å²) in [5.41, 5.74) is 0. The number of hydrogen-bond acceptors (Lipinski definition) is 5. The maximum absolute atomic E-state index is 6.96. The van der Waals surface area contributed by atoms with Crippen molar-refractivity contribution in [3.8, 4) is 39.0 Å². The molecule has 0 saturated carbocycles. The minimum Gasteiger partial charge on any atom is -0.317 e. The molecule has 0 fully saturated rings. The second-order valence-corrected chi connectivity index (χ2v) is 11.7. The lowest BCUT2D eigenvalue weighted by molar-refractivity contribution is 1.11. The first-order valence-corrected chi connectivity index (χ1v) is 13.2. The second-order valence-electron chi connectivity index (χ2n) is 6.37. The molecule has 0 radical (unpaired) electrons. The van der Waals surface area contributed by atoms with E-state index in [0.29, 0.717) is 6.54 Å². The quantitative estimate of drug-likeness (QED) is 0.220. The van der Waals surface area contributed by atoms with Gasteiger partial charge in [-0.25, -0.2) is 6.57 Å². The largest absolute Gasteiger partial charge is 0.317 e. The molecule has 142 valence electrons. The smallest absolute Gasteiger partial charge is 0.219 e. The minimum atomic E-state index is 0.574. The maximum atomic E-state index is 6.96. The average Bonchev–Trinajstić information content (AvgIpc) is 3.55. The van der Waals surface area contributed by atoms with Crippen molar-refractivity contribution in [2.45, 2.75) is 6.42 Å². The van der Waals surface area contributed by atoms with Gasteiger partial charge >= 0.3 is 0 Å². The third kappa shape index (κ3) is 4.02. The Hall–Kier alpha value is -2.01. The molecule has 0 N–H and O–H groups in total. The fraction of sp³-hybridized carbons (Fsp3) is 0.0870. The van der Waals surface area contributed by atoms with Gasteiger partial charge in [0.2, 0.25) is 6.54 Å². The Labute approximate surface area is 190 Å². The molecule has 0 bridgehead atoms. The van der Waals surface area contributed by atoms with E-state index in [1.54, 1.807) is 11.3 Å². The van der Waals surface area contributed by atoms with Crippen molar-refractivity contribution in [3.63, 3.8) is 0 Å². The molecule has 5 aromatic heterocycles. The van der Waals surface area contributed by atoms with Crippen LogP contribution in [-0.2, 0) is 6.42 Å². The monoisotopic (exact) mass is 465 g/mol. The minimum absolute atomic E-state index is 0.574. The van der Waals surface area contributed by atoms with Crippen LogP contribution < -0.4 is 0 Å². The molecule has 5 heterocycles. The normalized spacial score (nSPS) is 11.0. The highest BCUT2D eigenvalue weighted by atomic mass is 32.1. The fourth-order valence-corrected chi connectivity index (χ4v) is 8.16. The van der Waals surface area contributed by atoms with E-state index < -0.39 is 0 Å². The molecular formula is C23H15NS5. The summed E-state index contributed by atoms with van der Waals surface area (Å²) in [6.45, 7) is 7.53. The first-order valence-electron chi connectivity index (χ1n) is 9.06. The van der Waals surface area contributed by atoms with E-state index in [4.69, 9.17) is 6.57 Å². The van der Waals surface area contributed by atoms with Gasteiger partial charge in [-0.15, -0.1) is 56.7 Å². The van der Waals surface area contributed by atoms with Gasteiger partial charge in [-0.05, 0) is 60.0 Å². The number of hydrogen-bond donors (Lipinski definition) is 0. The first-order chi connectivity index (χ1) is 14.3. The molecule has 5 aromatic rings. The molecule has 0 aliphatic heterocycles. The maximum Gasteiger partial charge on any atom is 0.219 e. The summed E-state index contributed by atoms with van der Waals surface area (Å²) in [6.07, 6.45) is 0.856. The first kappa shape index (κ1) is 19.0. The summed E-state index contributed by atoms with van der Waals surface area (Å²) >= 11 is 9.20. The van der Waals surface area contributed by atoms with E-state index in [-0.39, 0.29) is 0 Å². The Morgan fingerprint density at radius 3 is 1.55 bits per heavy atom. The molecule has 0 atom stereocenters. The molecule has 0 spiro atoms. The van der Waals surface area contributed by atoms with Crippen molar-refractivity contribution < 1.29 is 0 Å². The van der Waals surface area contributed by atoms with Gasteiger partial charge in [0.25, 0.3) is 0 Å². The van der Waals surface area contributed by atoms with Crippen molar-refractivity contribution in [2.24, 2.45) is 0 Å². The Morgan fingerprint density at radius 2 is 1.07 bits per heavy atom. The van der Waals surface area contributed by atoms with Gasteiger partial charge in [-0.3, -0.25) is 0 Å². The molecule has 0 saturated heterocycles. The highest BCUT2D eigenvalue weighted by Gasteiger charge is 2.12. The van der Waals surface area contributed by atoms with E-state index >= 15 is 0 Å². The SMILES string of the molecule is [C-]#[N+]CCc1ccc(-c2ccc(-c3ccc(-c4ccc(-c5cccs5)s4)s3)s2)s1. The van der Waals surface area contributed by atoms with Crippen LogP contribution in [0.15, 0.2) is 66.0 Å². The summed E-state index contributed by atoms with van der Waals surface area (Å²) in [7, 11) is 0. The van der Waals surface area contributed by atoms with Crippen molar-refractivity contribution in [2.75, 3.05) is 6.54 Å². The van der Waals surface area contributed by atoms with Gasteiger partial charge in [0.1, 0.15) is 0 Å². The summed E-state index contributed by atoms with van der Waals surface area (Å²) in [4.78, 5) is 15.4. The highest BCUT2D eigenvalue weighted by molar-refractivity contribution is 7.29. The van der Waals surface area contributed by atoms with Gasteiger partial charge in [-0.1, -0.05) is 6.07 Å². The summed E-state index contributed by atoms with van der Waals surface area (Å²) in [6, 6.07) is 22.1. The second kappa shape index (κ2) is 8.39. The van der Waals surface area contributed by atoms with Crippen LogP contribution in [0.25, 0.3) is 43.9 Å². The molecule has 0 unspecified atom stereocenters. The lowest BCUT2D eigenvalue weighted by atomic mass is 10.3. The van der Waals surface area contributed by atoms with Crippen LogP contribution in [0.2, 0.25) is 0 Å². The molecule has 5 rings (SSSR count). The third-order valence-electron chi connectivity index (χ3n) is 4.44. The van der Waals surface area contributed by atoms with Crippen molar-refractivity contribution in [3.05, 3.63) is 82.3 Å². The van der Waals surface area contributed by atoms with E-state index in [0.717, 1.165) is 6.42 Å². The standard InChI is InChI=1S/C23H15NS5/c1-24-13-12-15-4-5-18(26-15)19-8-9-22(28-19)23-11-10-21(29-23)20-7-6-17(27-20)16-3-2-14-25-16/h2-11,14H,12-13H2. The van der Waals surface area contributed by atoms with Crippen LogP contribution in [0.3, 0.4) is 0 Å². The van der Waals surface area contributed by atoms with E-state index in [9.17, 15) is 0 Å². The van der Waals surface area contributed by atoms with Gasteiger partial charge < -0.3 is 4.85 Å².